The third-order valence-corrected chi connectivity index (χ3v) is 4.31. The van der Waals surface area contributed by atoms with Crippen LogP contribution in [0.4, 0.5) is 0 Å². The topological polar surface area (TPSA) is 153 Å². The van der Waals surface area contributed by atoms with Crippen LogP contribution in [0.25, 0.3) is 0 Å². The van der Waals surface area contributed by atoms with E-state index in [1.807, 2.05) is 0 Å². The van der Waals surface area contributed by atoms with Crippen LogP contribution in [0.5, 0.6) is 28.7 Å². The number of aliphatic hydroxyl groups excluding tert-OH is 1. The molecule has 0 amide bonds. The standard InChI is InChI=1S/C18H22O6.C2H7O5P/c1-21-15-6-5-11(8-14(15)20)7-13(19)12-9-16(22-2)18(24-4)17(10-12)23-3;1-2-6-7-8(3,4)5/h5-6,8-10,13,19-20H,7H2,1-4H3;2H2,1H3,(H2,3,4,5)/t13-;/m1./s1. The first-order chi connectivity index (χ1) is 15.1. The van der Waals surface area contributed by atoms with Crippen molar-refractivity contribution in [3.05, 3.63) is 41.5 Å². The molecule has 0 saturated carbocycles. The molecule has 2 rings (SSSR count). The summed E-state index contributed by atoms with van der Waals surface area (Å²) in [5.74, 6) is 1.85. The lowest BCUT2D eigenvalue weighted by atomic mass is 10.00. The molecule has 1 atom stereocenters. The van der Waals surface area contributed by atoms with Crippen molar-refractivity contribution in [2.75, 3.05) is 35.0 Å². The van der Waals surface area contributed by atoms with E-state index in [4.69, 9.17) is 28.7 Å². The summed E-state index contributed by atoms with van der Waals surface area (Å²) in [6.07, 6.45) is -0.484. The molecule has 0 spiro atoms. The first kappa shape index (κ1) is 27.5. The van der Waals surface area contributed by atoms with Crippen LogP contribution in [0.2, 0.25) is 0 Å². The molecule has 0 aliphatic rings. The van der Waals surface area contributed by atoms with Crippen molar-refractivity contribution in [2.45, 2.75) is 19.4 Å². The molecule has 180 valence electrons. The number of phenols is 1. The highest BCUT2D eigenvalue weighted by Crippen LogP contribution is 2.40. The monoisotopic (exact) mass is 476 g/mol. The number of benzene rings is 2. The van der Waals surface area contributed by atoms with Gasteiger partial charge in [0.2, 0.25) is 5.75 Å². The molecule has 0 aliphatic carbocycles. The summed E-state index contributed by atoms with van der Waals surface area (Å²) < 4.78 is 34.2. The Balaban J connectivity index is 0.000000547. The van der Waals surface area contributed by atoms with Gasteiger partial charge in [-0.15, -0.1) is 4.67 Å². The number of phenolic OH excluding ortho intramolecular Hbond substituents is 1. The molecule has 12 heteroatoms. The van der Waals surface area contributed by atoms with Crippen molar-refractivity contribution in [1.29, 1.82) is 0 Å². The summed E-state index contributed by atoms with van der Waals surface area (Å²) >= 11 is 0. The van der Waals surface area contributed by atoms with E-state index in [2.05, 4.69) is 9.56 Å². The average Bonchev–Trinajstić information content (AvgIpc) is 2.76. The van der Waals surface area contributed by atoms with Gasteiger partial charge in [-0.2, -0.15) is 0 Å². The highest BCUT2D eigenvalue weighted by atomic mass is 31.2. The number of rotatable bonds is 10. The van der Waals surface area contributed by atoms with Gasteiger partial charge in [0.1, 0.15) is 0 Å². The minimum atomic E-state index is -4.40. The SMILES string of the molecule is CCOOP(=O)(O)O.COc1ccc(C[C@@H](O)c2cc(OC)c(OC)c(OC)c2)cc1O. The number of hydrogen-bond donors (Lipinski definition) is 4. The van der Waals surface area contributed by atoms with Crippen molar-refractivity contribution in [3.63, 3.8) is 0 Å². The second-order valence-electron chi connectivity index (χ2n) is 6.16. The largest absolute Gasteiger partial charge is 0.504 e. The normalized spacial score (nSPS) is 11.8. The maximum Gasteiger partial charge on any atom is 0.496 e. The van der Waals surface area contributed by atoms with Crippen molar-refractivity contribution >= 4 is 7.82 Å². The van der Waals surface area contributed by atoms with E-state index in [0.717, 1.165) is 5.56 Å². The van der Waals surface area contributed by atoms with E-state index in [0.29, 0.717) is 35.0 Å². The molecule has 0 saturated heterocycles. The van der Waals surface area contributed by atoms with Gasteiger partial charge < -0.3 is 38.9 Å². The van der Waals surface area contributed by atoms with E-state index in [9.17, 15) is 14.8 Å². The molecule has 0 bridgehead atoms. The van der Waals surface area contributed by atoms with Crippen LogP contribution < -0.4 is 18.9 Å². The molecule has 0 fully saturated rings. The summed E-state index contributed by atoms with van der Waals surface area (Å²) in [4.78, 5) is 19.8. The minimum Gasteiger partial charge on any atom is -0.504 e. The Bertz CT molecular complexity index is 872. The Morgan fingerprint density at radius 1 is 0.906 bits per heavy atom. The molecule has 0 radical (unpaired) electrons. The summed E-state index contributed by atoms with van der Waals surface area (Å²) in [6, 6.07) is 8.43. The van der Waals surface area contributed by atoms with Gasteiger partial charge in [-0.25, -0.2) is 9.45 Å². The minimum absolute atomic E-state index is 0.0343. The Hall–Kier alpha value is -2.53. The summed E-state index contributed by atoms with van der Waals surface area (Å²) in [6.45, 7) is 1.67. The molecular formula is C20H29O11P. The zero-order chi connectivity index (χ0) is 24.3. The first-order valence-corrected chi connectivity index (χ1v) is 10.8. The van der Waals surface area contributed by atoms with Crippen LogP contribution in [0.15, 0.2) is 30.3 Å². The van der Waals surface area contributed by atoms with Crippen LogP contribution in [-0.2, 0) is 20.5 Å². The zero-order valence-electron chi connectivity index (χ0n) is 18.5. The lowest BCUT2D eigenvalue weighted by Gasteiger charge is -2.17. The zero-order valence-corrected chi connectivity index (χ0v) is 19.4. The first-order valence-electron chi connectivity index (χ1n) is 9.30. The van der Waals surface area contributed by atoms with Gasteiger partial charge in [0.15, 0.2) is 23.0 Å². The molecule has 0 heterocycles. The van der Waals surface area contributed by atoms with Crippen molar-refractivity contribution in [3.8, 4) is 28.7 Å². The molecule has 0 unspecified atom stereocenters. The van der Waals surface area contributed by atoms with E-state index in [1.54, 1.807) is 37.3 Å². The van der Waals surface area contributed by atoms with Gasteiger partial charge in [0, 0.05) is 6.42 Å². The number of aromatic hydroxyl groups is 1. The molecule has 2 aromatic carbocycles. The van der Waals surface area contributed by atoms with Crippen LogP contribution in [0.1, 0.15) is 24.2 Å². The molecule has 11 nitrogen and oxygen atoms in total. The smallest absolute Gasteiger partial charge is 0.496 e. The summed E-state index contributed by atoms with van der Waals surface area (Å²) in [5.41, 5.74) is 1.40. The number of aliphatic hydroxyl groups is 1. The highest BCUT2D eigenvalue weighted by molar-refractivity contribution is 7.46. The molecular weight excluding hydrogens is 447 g/mol. The average molecular weight is 476 g/mol. The highest BCUT2D eigenvalue weighted by Gasteiger charge is 2.18. The van der Waals surface area contributed by atoms with Gasteiger partial charge >= 0.3 is 7.82 Å². The number of methoxy groups -OCH3 is 4. The van der Waals surface area contributed by atoms with E-state index >= 15 is 0 Å². The Labute approximate surface area is 186 Å². The van der Waals surface area contributed by atoms with Crippen molar-refractivity contribution < 1.29 is 53.1 Å². The van der Waals surface area contributed by atoms with Gasteiger partial charge in [-0.3, -0.25) is 0 Å². The van der Waals surface area contributed by atoms with Gasteiger partial charge in [-0.1, -0.05) is 6.07 Å². The second-order valence-corrected chi connectivity index (χ2v) is 7.29. The summed E-state index contributed by atoms with van der Waals surface area (Å²) in [5, 5.41) is 20.4. The molecule has 4 N–H and O–H groups in total. The van der Waals surface area contributed by atoms with Crippen molar-refractivity contribution in [2.24, 2.45) is 0 Å². The lowest BCUT2D eigenvalue weighted by molar-refractivity contribution is -0.217. The van der Waals surface area contributed by atoms with E-state index in [1.165, 1.54) is 28.4 Å². The van der Waals surface area contributed by atoms with Gasteiger partial charge in [-0.05, 0) is 42.3 Å². The second kappa shape index (κ2) is 13.1. The fraction of sp³-hybridized carbons (Fsp3) is 0.400. The van der Waals surface area contributed by atoms with Crippen LogP contribution in [0.3, 0.4) is 0 Å². The van der Waals surface area contributed by atoms with E-state index in [-0.39, 0.29) is 12.4 Å². The van der Waals surface area contributed by atoms with Crippen LogP contribution in [0, 0.1) is 0 Å². The van der Waals surface area contributed by atoms with Crippen molar-refractivity contribution in [1.82, 2.24) is 0 Å². The lowest BCUT2D eigenvalue weighted by Crippen LogP contribution is -2.04. The molecule has 32 heavy (non-hydrogen) atoms. The van der Waals surface area contributed by atoms with Gasteiger partial charge in [0.25, 0.3) is 0 Å². The Kier molecular flexibility index (Phi) is 11.3. The fourth-order valence-electron chi connectivity index (χ4n) is 2.62. The van der Waals surface area contributed by atoms with Crippen LogP contribution in [-0.4, -0.2) is 55.0 Å². The quantitative estimate of drug-likeness (QED) is 0.227. The Morgan fingerprint density at radius 3 is 1.84 bits per heavy atom. The predicted octanol–water partition coefficient (Wildman–Crippen LogP) is 2.75. The Morgan fingerprint density at radius 2 is 1.47 bits per heavy atom. The van der Waals surface area contributed by atoms with Gasteiger partial charge in [0.05, 0.1) is 41.2 Å². The predicted molar refractivity (Wildman–Crippen MR) is 114 cm³/mol. The maximum atomic E-state index is 10.5. The molecule has 2 aromatic rings. The molecule has 0 aromatic heterocycles. The third kappa shape index (κ3) is 8.54. The van der Waals surface area contributed by atoms with Crippen LogP contribution >= 0.6 is 7.82 Å². The third-order valence-electron chi connectivity index (χ3n) is 4.01. The number of phosphoric acid groups is 1. The maximum absolute atomic E-state index is 10.5. The summed E-state index contributed by atoms with van der Waals surface area (Å²) in [7, 11) is 1.65. The molecule has 0 aliphatic heterocycles. The number of hydrogen-bond acceptors (Lipinski definition) is 9. The van der Waals surface area contributed by atoms with E-state index < -0.39 is 13.9 Å². The fourth-order valence-corrected chi connectivity index (χ4v) is 2.86. The number of ether oxygens (including phenoxy) is 4.